The molecule has 1 heterocycles. The van der Waals surface area contributed by atoms with Crippen LogP contribution in [0.4, 0.5) is 4.79 Å². The highest BCUT2D eigenvalue weighted by atomic mass is 16.5. The molecule has 4 nitrogen and oxygen atoms in total. The number of amides is 2. The first kappa shape index (κ1) is 16.7. The number of piperidine rings is 1. The summed E-state index contributed by atoms with van der Waals surface area (Å²) in [6, 6.07) is 6.61. The number of carbonyl (C=O) groups excluding carboxylic acids is 1. The van der Waals surface area contributed by atoms with Crippen LogP contribution in [0.2, 0.25) is 0 Å². The molecule has 1 unspecified atom stereocenters. The molecule has 0 aliphatic carbocycles. The zero-order chi connectivity index (χ0) is 15.9. The average Bonchev–Trinajstić information content (AvgIpc) is 2.50. The van der Waals surface area contributed by atoms with Crippen molar-refractivity contribution >= 4 is 6.03 Å². The van der Waals surface area contributed by atoms with E-state index in [9.17, 15) is 4.79 Å². The monoisotopic (exact) mass is 304 g/mol. The van der Waals surface area contributed by atoms with Gasteiger partial charge in [-0.05, 0) is 62.8 Å². The Morgan fingerprint density at radius 2 is 2.00 bits per heavy atom. The summed E-state index contributed by atoms with van der Waals surface area (Å²) in [7, 11) is 0. The van der Waals surface area contributed by atoms with Crippen LogP contribution in [0, 0.1) is 13.8 Å². The summed E-state index contributed by atoms with van der Waals surface area (Å²) >= 11 is 0. The Hall–Kier alpha value is -1.71. The minimum absolute atomic E-state index is 0.0515. The molecule has 0 radical (unpaired) electrons. The minimum atomic E-state index is 0.0515. The van der Waals surface area contributed by atoms with Crippen LogP contribution in [-0.4, -0.2) is 36.7 Å². The maximum atomic E-state index is 12.2. The van der Waals surface area contributed by atoms with Gasteiger partial charge >= 0.3 is 6.03 Å². The molecular weight excluding hydrogens is 276 g/mol. The van der Waals surface area contributed by atoms with Crippen LogP contribution in [0.15, 0.2) is 18.2 Å². The number of likely N-dealkylation sites (tertiary alicyclic amines) is 1. The second-order valence-electron chi connectivity index (χ2n) is 6.16. The van der Waals surface area contributed by atoms with E-state index < -0.39 is 0 Å². The second-order valence-corrected chi connectivity index (χ2v) is 6.16. The summed E-state index contributed by atoms with van der Waals surface area (Å²) < 4.78 is 5.73. The van der Waals surface area contributed by atoms with Crippen molar-refractivity contribution in [3.05, 3.63) is 29.3 Å². The Morgan fingerprint density at radius 3 is 2.68 bits per heavy atom. The van der Waals surface area contributed by atoms with Gasteiger partial charge in [-0.1, -0.05) is 13.0 Å². The zero-order valence-corrected chi connectivity index (χ0v) is 14.0. The number of carbonyl (C=O) groups is 1. The van der Waals surface area contributed by atoms with E-state index in [1.165, 1.54) is 17.5 Å². The number of hydrogen-bond acceptors (Lipinski definition) is 2. The normalized spacial score (nSPS) is 18.1. The van der Waals surface area contributed by atoms with Crippen molar-refractivity contribution in [2.75, 3.05) is 19.7 Å². The molecule has 0 saturated carbocycles. The number of ether oxygens (including phenoxy) is 1. The van der Waals surface area contributed by atoms with Crippen molar-refractivity contribution in [3.63, 3.8) is 0 Å². The molecule has 1 aromatic rings. The SMILES string of the molecule is CCC1CCCCN1C(=O)NCCOc1cc(C)cc(C)c1. The summed E-state index contributed by atoms with van der Waals surface area (Å²) in [4.78, 5) is 14.2. The van der Waals surface area contributed by atoms with Gasteiger partial charge in [0.05, 0.1) is 6.54 Å². The Balaban J connectivity index is 1.74. The molecule has 0 aromatic heterocycles. The lowest BCUT2D eigenvalue weighted by atomic mass is 10.0. The van der Waals surface area contributed by atoms with E-state index in [2.05, 4.69) is 32.2 Å². The van der Waals surface area contributed by atoms with Gasteiger partial charge in [0.15, 0.2) is 0 Å². The third kappa shape index (κ3) is 4.65. The highest BCUT2D eigenvalue weighted by molar-refractivity contribution is 5.74. The fraction of sp³-hybridized carbons (Fsp3) is 0.611. The summed E-state index contributed by atoms with van der Waals surface area (Å²) in [6.45, 7) is 8.19. The van der Waals surface area contributed by atoms with Gasteiger partial charge in [-0.3, -0.25) is 0 Å². The molecular formula is C18H28N2O2. The molecule has 122 valence electrons. The van der Waals surface area contributed by atoms with Gasteiger partial charge in [0.25, 0.3) is 0 Å². The van der Waals surface area contributed by atoms with Crippen molar-refractivity contribution in [1.82, 2.24) is 10.2 Å². The molecule has 1 fully saturated rings. The van der Waals surface area contributed by atoms with Crippen molar-refractivity contribution < 1.29 is 9.53 Å². The lowest BCUT2D eigenvalue weighted by Gasteiger charge is -2.35. The number of nitrogens with zero attached hydrogens (tertiary/aromatic N) is 1. The quantitative estimate of drug-likeness (QED) is 0.844. The fourth-order valence-electron chi connectivity index (χ4n) is 3.14. The van der Waals surface area contributed by atoms with Crippen LogP contribution in [-0.2, 0) is 0 Å². The molecule has 2 rings (SSSR count). The molecule has 4 heteroatoms. The predicted molar refractivity (Wildman–Crippen MR) is 89.4 cm³/mol. The largest absolute Gasteiger partial charge is 0.492 e. The Kier molecular flexibility index (Phi) is 6.10. The van der Waals surface area contributed by atoms with Crippen LogP contribution in [0.1, 0.15) is 43.7 Å². The molecule has 1 aliphatic heterocycles. The van der Waals surface area contributed by atoms with Crippen LogP contribution in [0.5, 0.6) is 5.75 Å². The van der Waals surface area contributed by atoms with Crippen LogP contribution in [0.3, 0.4) is 0 Å². The summed E-state index contributed by atoms with van der Waals surface area (Å²) in [5.41, 5.74) is 2.39. The van der Waals surface area contributed by atoms with Gasteiger partial charge < -0.3 is 15.0 Å². The van der Waals surface area contributed by atoms with Crippen LogP contribution >= 0.6 is 0 Å². The van der Waals surface area contributed by atoms with Gasteiger partial charge in [0.1, 0.15) is 12.4 Å². The van der Waals surface area contributed by atoms with Gasteiger partial charge in [0, 0.05) is 12.6 Å². The highest BCUT2D eigenvalue weighted by Crippen LogP contribution is 2.19. The van der Waals surface area contributed by atoms with Gasteiger partial charge in [-0.15, -0.1) is 0 Å². The van der Waals surface area contributed by atoms with Crippen LogP contribution < -0.4 is 10.1 Å². The van der Waals surface area contributed by atoms with E-state index in [4.69, 9.17) is 4.74 Å². The molecule has 1 saturated heterocycles. The standard InChI is InChI=1S/C18H28N2O2/c1-4-16-7-5-6-9-20(16)18(21)19-8-10-22-17-12-14(2)11-15(3)13-17/h11-13,16H,4-10H2,1-3H3,(H,19,21). The van der Waals surface area contributed by atoms with E-state index in [1.54, 1.807) is 0 Å². The number of benzene rings is 1. The van der Waals surface area contributed by atoms with Gasteiger partial charge in [-0.25, -0.2) is 4.79 Å². The molecule has 1 N–H and O–H groups in total. The minimum Gasteiger partial charge on any atom is -0.492 e. The molecule has 22 heavy (non-hydrogen) atoms. The third-order valence-electron chi connectivity index (χ3n) is 4.20. The molecule has 0 spiro atoms. The molecule has 0 bridgehead atoms. The van der Waals surface area contributed by atoms with Crippen molar-refractivity contribution in [2.45, 2.75) is 52.5 Å². The van der Waals surface area contributed by atoms with E-state index >= 15 is 0 Å². The summed E-state index contributed by atoms with van der Waals surface area (Å²) in [5.74, 6) is 0.871. The predicted octanol–water partition coefficient (Wildman–Crippen LogP) is 3.66. The van der Waals surface area contributed by atoms with Crippen LogP contribution in [0.25, 0.3) is 0 Å². The number of nitrogens with one attached hydrogen (secondary N) is 1. The first-order valence-corrected chi connectivity index (χ1v) is 8.35. The van der Waals surface area contributed by atoms with Crippen molar-refractivity contribution in [1.29, 1.82) is 0 Å². The maximum absolute atomic E-state index is 12.2. The van der Waals surface area contributed by atoms with Gasteiger partial charge in [0.2, 0.25) is 0 Å². The Bertz CT molecular complexity index is 482. The number of urea groups is 1. The molecule has 1 aliphatic rings. The fourth-order valence-corrected chi connectivity index (χ4v) is 3.14. The first-order chi connectivity index (χ1) is 10.6. The highest BCUT2D eigenvalue weighted by Gasteiger charge is 2.24. The molecule has 1 atom stereocenters. The maximum Gasteiger partial charge on any atom is 0.317 e. The van der Waals surface area contributed by atoms with Crippen molar-refractivity contribution in [2.24, 2.45) is 0 Å². The van der Waals surface area contributed by atoms with E-state index in [-0.39, 0.29) is 6.03 Å². The molecule has 1 aromatic carbocycles. The van der Waals surface area contributed by atoms with Crippen molar-refractivity contribution in [3.8, 4) is 5.75 Å². The van der Waals surface area contributed by atoms with E-state index in [0.717, 1.165) is 31.6 Å². The average molecular weight is 304 g/mol. The molecule has 2 amide bonds. The Morgan fingerprint density at radius 1 is 1.27 bits per heavy atom. The second kappa shape index (κ2) is 8.06. The zero-order valence-electron chi connectivity index (χ0n) is 14.0. The number of hydrogen-bond donors (Lipinski definition) is 1. The smallest absolute Gasteiger partial charge is 0.317 e. The number of rotatable bonds is 5. The lowest BCUT2D eigenvalue weighted by Crippen LogP contribution is -2.49. The van der Waals surface area contributed by atoms with E-state index in [1.807, 2.05) is 17.0 Å². The first-order valence-electron chi connectivity index (χ1n) is 8.35. The number of aryl methyl sites for hydroxylation is 2. The van der Waals surface area contributed by atoms with E-state index in [0.29, 0.717) is 19.2 Å². The summed E-state index contributed by atoms with van der Waals surface area (Å²) in [6.07, 6.45) is 4.51. The lowest BCUT2D eigenvalue weighted by molar-refractivity contribution is 0.147. The third-order valence-corrected chi connectivity index (χ3v) is 4.20. The topological polar surface area (TPSA) is 41.6 Å². The van der Waals surface area contributed by atoms with Gasteiger partial charge in [-0.2, -0.15) is 0 Å². The Labute approximate surface area is 133 Å². The summed E-state index contributed by atoms with van der Waals surface area (Å²) in [5, 5.41) is 2.98.